The topological polar surface area (TPSA) is 61.9 Å². The molecule has 2 aromatic rings. The van der Waals surface area contributed by atoms with Crippen LogP contribution in [-0.4, -0.2) is 59.7 Å². The summed E-state index contributed by atoms with van der Waals surface area (Å²) < 4.78 is 32.7. The van der Waals surface area contributed by atoms with E-state index in [-0.39, 0.29) is 4.90 Å². The summed E-state index contributed by atoms with van der Waals surface area (Å²) in [4.78, 5) is 4.89. The molecule has 1 saturated heterocycles. The molecule has 8 heteroatoms. The lowest BCUT2D eigenvalue weighted by Gasteiger charge is -2.36. The standard InChI is InChI=1S/C20H26ClN3O3S/c1-27-20-9-3-2-8-19(20)24-14-12-23(13-15-24)11-5-10-22-28(25,26)18-7-4-6-17(21)16-18/h2-4,6-9,16,22H,5,10-15H2,1H3. The van der Waals surface area contributed by atoms with Crippen molar-refractivity contribution < 1.29 is 13.2 Å². The number of hydrogen-bond acceptors (Lipinski definition) is 5. The number of piperazine rings is 1. The van der Waals surface area contributed by atoms with E-state index in [1.807, 2.05) is 18.2 Å². The highest BCUT2D eigenvalue weighted by molar-refractivity contribution is 7.89. The average Bonchev–Trinajstić information content (AvgIpc) is 2.72. The number of hydrogen-bond donors (Lipinski definition) is 1. The average molecular weight is 424 g/mol. The van der Waals surface area contributed by atoms with Crippen LogP contribution in [0.3, 0.4) is 0 Å². The third-order valence-corrected chi connectivity index (χ3v) is 6.54. The second-order valence-electron chi connectivity index (χ2n) is 6.71. The molecule has 0 radical (unpaired) electrons. The molecule has 1 N–H and O–H groups in total. The minimum absolute atomic E-state index is 0.199. The van der Waals surface area contributed by atoms with E-state index in [2.05, 4.69) is 20.6 Å². The Morgan fingerprint density at radius 2 is 1.82 bits per heavy atom. The number of ether oxygens (including phenoxy) is 1. The summed E-state index contributed by atoms with van der Waals surface area (Å²) in [6.07, 6.45) is 0.758. The molecule has 2 aromatic carbocycles. The van der Waals surface area contributed by atoms with Crippen molar-refractivity contribution in [2.45, 2.75) is 11.3 Å². The van der Waals surface area contributed by atoms with Crippen molar-refractivity contribution in [2.75, 3.05) is 51.3 Å². The summed E-state index contributed by atoms with van der Waals surface area (Å²) in [5, 5.41) is 0.413. The molecule has 6 nitrogen and oxygen atoms in total. The van der Waals surface area contributed by atoms with Gasteiger partial charge in [-0.3, -0.25) is 4.90 Å². The predicted molar refractivity (Wildman–Crippen MR) is 113 cm³/mol. The zero-order valence-corrected chi connectivity index (χ0v) is 17.5. The number of benzene rings is 2. The van der Waals surface area contributed by atoms with E-state index < -0.39 is 10.0 Å². The summed E-state index contributed by atoms with van der Waals surface area (Å²) >= 11 is 5.88. The lowest BCUT2D eigenvalue weighted by atomic mass is 10.2. The molecule has 0 aromatic heterocycles. The van der Waals surface area contributed by atoms with E-state index in [0.29, 0.717) is 11.6 Å². The minimum Gasteiger partial charge on any atom is -0.495 e. The fourth-order valence-electron chi connectivity index (χ4n) is 3.33. The van der Waals surface area contributed by atoms with E-state index >= 15 is 0 Å². The van der Waals surface area contributed by atoms with Crippen LogP contribution in [0.4, 0.5) is 5.69 Å². The molecule has 28 heavy (non-hydrogen) atoms. The molecule has 1 aliphatic rings. The smallest absolute Gasteiger partial charge is 0.240 e. The summed E-state index contributed by atoms with van der Waals surface area (Å²) in [6, 6.07) is 14.4. The first kappa shape index (κ1) is 20.9. The van der Waals surface area contributed by atoms with Gasteiger partial charge in [-0.15, -0.1) is 0 Å². The molecular weight excluding hydrogens is 398 g/mol. The Balaban J connectivity index is 1.42. The first-order valence-electron chi connectivity index (χ1n) is 9.35. The largest absolute Gasteiger partial charge is 0.495 e. The Hall–Kier alpha value is -1.80. The van der Waals surface area contributed by atoms with E-state index in [0.717, 1.165) is 50.6 Å². The number of anilines is 1. The van der Waals surface area contributed by atoms with Crippen molar-refractivity contribution in [3.8, 4) is 5.75 Å². The van der Waals surface area contributed by atoms with Gasteiger partial charge in [0, 0.05) is 37.7 Å². The molecule has 0 atom stereocenters. The lowest BCUT2D eigenvalue weighted by molar-refractivity contribution is 0.254. The summed E-state index contributed by atoms with van der Waals surface area (Å²) in [5.74, 6) is 0.895. The van der Waals surface area contributed by atoms with Crippen LogP contribution in [0.15, 0.2) is 53.4 Å². The van der Waals surface area contributed by atoms with E-state index in [1.165, 1.54) is 6.07 Å². The molecule has 3 rings (SSSR count). The van der Waals surface area contributed by atoms with Gasteiger partial charge in [0.1, 0.15) is 5.75 Å². The van der Waals surface area contributed by atoms with Crippen molar-refractivity contribution in [3.63, 3.8) is 0 Å². The van der Waals surface area contributed by atoms with Gasteiger partial charge in [-0.25, -0.2) is 13.1 Å². The number of sulfonamides is 1. The second-order valence-corrected chi connectivity index (χ2v) is 8.91. The third kappa shape index (κ3) is 5.38. The molecule has 152 valence electrons. The van der Waals surface area contributed by atoms with Gasteiger partial charge in [-0.05, 0) is 43.3 Å². The van der Waals surface area contributed by atoms with Gasteiger partial charge in [0.15, 0.2) is 0 Å². The highest BCUT2D eigenvalue weighted by atomic mass is 35.5. The Morgan fingerprint density at radius 1 is 1.07 bits per heavy atom. The van der Waals surface area contributed by atoms with Gasteiger partial charge < -0.3 is 9.64 Å². The van der Waals surface area contributed by atoms with Crippen LogP contribution < -0.4 is 14.4 Å². The molecule has 1 aliphatic heterocycles. The van der Waals surface area contributed by atoms with Crippen molar-refractivity contribution >= 4 is 27.3 Å². The van der Waals surface area contributed by atoms with Gasteiger partial charge in [0.25, 0.3) is 0 Å². The quantitative estimate of drug-likeness (QED) is 0.661. The molecular formula is C20H26ClN3O3S. The zero-order chi connectivity index (χ0) is 20.0. The number of halogens is 1. The molecule has 0 bridgehead atoms. The first-order chi connectivity index (χ1) is 13.5. The molecule has 0 saturated carbocycles. The van der Waals surface area contributed by atoms with Crippen LogP contribution in [0.2, 0.25) is 5.02 Å². The number of nitrogens with zero attached hydrogens (tertiary/aromatic N) is 2. The second kappa shape index (κ2) is 9.60. The van der Waals surface area contributed by atoms with Crippen LogP contribution in [0.25, 0.3) is 0 Å². The molecule has 1 heterocycles. The molecule has 0 aliphatic carbocycles. The molecule has 0 amide bonds. The summed E-state index contributed by atoms with van der Waals surface area (Å²) in [5.41, 5.74) is 1.12. The van der Waals surface area contributed by atoms with Crippen molar-refractivity contribution in [1.82, 2.24) is 9.62 Å². The van der Waals surface area contributed by atoms with E-state index in [1.54, 1.807) is 25.3 Å². The molecule has 0 unspecified atom stereocenters. The van der Waals surface area contributed by atoms with Crippen molar-refractivity contribution in [2.24, 2.45) is 0 Å². The van der Waals surface area contributed by atoms with Gasteiger partial charge in [0.2, 0.25) is 10.0 Å². The number of para-hydroxylation sites is 2. The van der Waals surface area contributed by atoms with Crippen LogP contribution in [0.1, 0.15) is 6.42 Å². The first-order valence-corrected chi connectivity index (χ1v) is 11.2. The maximum absolute atomic E-state index is 12.3. The third-order valence-electron chi connectivity index (χ3n) is 4.85. The normalized spacial score (nSPS) is 15.6. The zero-order valence-electron chi connectivity index (χ0n) is 16.0. The van der Waals surface area contributed by atoms with E-state index in [9.17, 15) is 8.42 Å². The van der Waals surface area contributed by atoms with Crippen LogP contribution in [0.5, 0.6) is 5.75 Å². The van der Waals surface area contributed by atoms with Crippen molar-refractivity contribution in [3.05, 3.63) is 53.6 Å². The Kier molecular flexibility index (Phi) is 7.18. The maximum Gasteiger partial charge on any atom is 0.240 e. The van der Waals surface area contributed by atoms with Gasteiger partial charge in [-0.1, -0.05) is 29.8 Å². The highest BCUT2D eigenvalue weighted by Crippen LogP contribution is 2.28. The fraction of sp³-hybridized carbons (Fsp3) is 0.400. The fourth-order valence-corrected chi connectivity index (χ4v) is 4.70. The van der Waals surface area contributed by atoms with Gasteiger partial charge in [0.05, 0.1) is 17.7 Å². The molecule has 1 fully saturated rings. The monoisotopic (exact) mass is 423 g/mol. The summed E-state index contributed by atoms with van der Waals surface area (Å²) in [7, 11) is -1.82. The van der Waals surface area contributed by atoms with Crippen LogP contribution in [-0.2, 0) is 10.0 Å². The maximum atomic E-state index is 12.3. The number of rotatable bonds is 8. The Labute approximate surface area is 172 Å². The van der Waals surface area contributed by atoms with Gasteiger partial charge >= 0.3 is 0 Å². The van der Waals surface area contributed by atoms with E-state index in [4.69, 9.17) is 16.3 Å². The highest BCUT2D eigenvalue weighted by Gasteiger charge is 2.19. The Bertz CT molecular complexity index is 884. The summed E-state index contributed by atoms with van der Waals surface area (Å²) in [6.45, 7) is 5.00. The SMILES string of the molecule is COc1ccccc1N1CCN(CCCNS(=O)(=O)c2cccc(Cl)c2)CC1. The Morgan fingerprint density at radius 3 is 2.54 bits per heavy atom. The van der Waals surface area contributed by atoms with Crippen LogP contribution in [0, 0.1) is 0 Å². The van der Waals surface area contributed by atoms with Crippen molar-refractivity contribution in [1.29, 1.82) is 0 Å². The lowest BCUT2D eigenvalue weighted by Crippen LogP contribution is -2.47. The number of nitrogens with one attached hydrogen (secondary N) is 1. The minimum atomic E-state index is -3.51. The molecule has 0 spiro atoms. The van der Waals surface area contributed by atoms with Crippen LogP contribution >= 0.6 is 11.6 Å². The van der Waals surface area contributed by atoms with Gasteiger partial charge in [-0.2, -0.15) is 0 Å². The predicted octanol–water partition coefficient (Wildman–Crippen LogP) is 2.84. The number of methoxy groups -OCH3 is 1.